The molecule has 1 unspecified atom stereocenters. The molecule has 2 nitrogen and oxygen atoms in total. The minimum atomic E-state index is -0.189. The van der Waals surface area contributed by atoms with E-state index in [2.05, 4.69) is 32.6 Å². The summed E-state index contributed by atoms with van der Waals surface area (Å²) in [5, 5.41) is 10.5. The fourth-order valence-corrected chi connectivity index (χ4v) is 2.91. The predicted molar refractivity (Wildman–Crippen MR) is 74.2 cm³/mol. The molecule has 0 saturated carbocycles. The zero-order chi connectivity index (χ0) is 12.9. The van der Waals surface area contributed by atoms with Crippen LogP contribution in [0.4, 0.5) is 0 Å². The van der Waals surface area contributed by atoms with Crippen molar-refractivity contribution in [1.29, 1.82) is 0 Å². The number of hydrogen-bond acceptors (Lipinski definition) is 2. The molecule has 1 fully saturated rings. The Morgan fingerprint density at radius 1 is 1.06 bits per heavy atom. The van der Waals surface area contributed by atoms with Gasteiger partial charge in [0.2, 0.25) is 0 Å². The van der Waals surface area contributed by atoms with E-state index in [1.54, 1.807) is 0 Å². The van der Waals surface area contributed by atoms with Gasteiger partial charge < -0.3 is 5.11 Å². The van der Waals surface area contributed by atoms with Crippen molar-refractivity contribution in [3.05, 3.63) is 0 Å². The highest BCUT2D eigenvalue weighted by Gasteiger charge is 2.35. The summed E-state index contributed by atoms with van der Waals surface area (Å²) in [7, 11) is 0. The summed E-state index contributed by atoms with van der Waals surface area (Å²) in [4.78, 5) is 2.49. The minimum Gasteiger partial charge on any atom is -0.391 e. The summed E-state index contributed by atoms with van der Waals surface area (Å²) in [5.74, 6) is 0.675. The van der Waals surface area contributed by atoms with Crippen LogP contribution in [0.2, 0.25) is 0 Å². The van der Waals surface area contributed by atoms with E-state index < -0.39 is 0 Å². The predicted octanol–water partition coefficient (Wildman–Crippen LogP) is 3.44. The van der Waals surface area contributed by atoms with E-state index in [1.807, 2.05) is 0 Å². The van der Waals surface area contributed by atoms with Gasteiger partial charge in [-0.1, -0.05) is 33.1 Å². The Hall–Kier alpha value is -0.0800. The fraction of sp³-hybridized carbons (Fsp3) is 1.00. The normalized spacial score (nSPS) is 20.8. The van der Waals surface area contributed by atoms with E-state index in [9.17, 15) is 5.11 Å². The van der Waals surface area contributed by atoms with Crippen LogP contribution < -0.4 is 0 Å². The smallest absolute Gasteiger partial charge is 0.0721 e. The maximum Gasteiger partial charge on any atom is 0.0721 e. The maximum atomic E-state index is 10.5. The quantitative estimate of drug-likeness (QED) is 0.770. The van der Waals surface area contributed by atoms with E-state index in [0.717, 1.165) is 19.5 Å². The first-order chi connectivity index (χ1) is 8.02. The molecular weight excluding hydrogens is 210 g/mol. The van der Waals surface area contributed by atoms with Crippen molar-refractivity contribution in [2.45, 2.75) is 77.9 Å². The highest BCUT2D eigenvalue weighted by Crippen LogP contribution is 2.28. The molecule has 1 rings (SSSR count). The molecule has 1 atom stereocenters. The average molecular weight is 241 g/mol. The number of aliphatic hydroxyl groups excluding tert-OH is 1. The van der Waals surface area contributed by atoms with E-state index in [1.165, 1.54) is 32.1 Å². The van der Waals surface area contributed by atoms with Gasteiger partial charge in [0.05, 0.1) is 6.10 Å². The van der Waals surface area contributed by atoms with Crippen LogP contribution in [0.25, 0.3) is 0 Å². The minimum absolute atomic E-state index is 0.0526. The van der Waals surface area contributed by atoms with Gasteiger partial charge in [-0.15, -0.1) is 0 Å². The highest BCUT2D eigenvalue weighted by atomic mass is 16.3. The Labute approximate surface area is 107 Å². The number of hydrogen-bond donors (Lipinski definition) is 1. The van der Waals surface area contributed by atoms with Crippen LogP contribution in [0.15, 0.2) is 0 Å². The second-order valence-corrected chi connectivity index (χ2v) is 6.14. The van der Waals surface area contributed by atoms with Crippen LogP contribution in [0, 0.1) is 5.92 Å². The topological polar surface area (TPSA) is 23.5 Å². The van der Waals surface area contributed by atoms with Gasteiger partial charge in [-0.25, -0.2) is 0 Å². The molecule has 1 aliphatic rings. The van der Waals surface area contributed by atoms with Gasteiger partial charge >= 0.3 is 0 Å². The summed E-state index contributed by atoms with van der Waals surface area (Å²) >= 11 is 0. The second-order valence-electron chi connectivity index (χ2n) is 6.14. The molecular formula is C15H31NO. The molecule has 0 bridgehead atoms. The molecule has 0 aliphatic carbocycles. The maximum absolute atomic E-state index is 10.5. The van der Waals surface area contributed by atoms with Gasteiger partial charge in [0.25, 0.3) is 0 Å². The monoisotopic (exact) mass is 241 g/mol. The van der Waals surface area contributed by atoms with Crippen molar-refractivity contribution < 1.29 is 5.11 Å². The molecule has 1 aliphatic heterocycles. The lowest BCUT2D eigenvalue weighted by molar-refractivity contribution is -0.0310. The lowest BCUT2D eigenvalue weighted by Gasteiger charge is -2.44. The van der Waals surface area contributed by atoms with Crippen molar-refractivity contribution in [3.8, 4) is 0 Å². The first-order valence-electron chi connectivity index (χ1n) is 7.45. The molecule has 1 N–H and O–H groups in total. The van der Waals surface area contributed by atoms with Gasteiger partial charge in [0.15, 0.2) is 0 Å². The van der Waals surface area contributed by atoms with E-state index in [4.69, 9.17) is 0 Å². The number of aliphatic hydroxyl groups is 1. The molecule has 1 saturated heterocycles. The molecule has 2 heteroatoms. The third kappa shape index (κ3) is 3.96. The molecule has 102 valence electrons. The zero-order valence-electron chi connectivity index (χ0n) is 12.2. The van der Waals surface area contributed by atoms with Crippen molar-refractivity contribution >= 4 is 0 Å². The molecule has 0 aromatic heterocycles. The van der Waals surface area contributed by atoms with E-state index in [0.29, 0.717) is 5.92 Å². The largest absolute Gasteiger partial charge is 0.391 e. The Kier molecular flexibility index (Phi) is 5.94. The number of rotatable bonds is 6. The van der Waals surface area contributed by atoms with Gasteiger partial charge in [-0.05, 0) is 52.1 Å². The lowest BCUT2D eigenvalue weighted by atomic mass is 9.84. The van der Waals surface area contributed by atoms with Crippen LogP contribution >= 0.6 is 0 Å². The van der Waals surface area contributed by atoms with E-state index in [-0.39, 0.29) is 11.6 Å². The van der Waals surface area contributed by atoms with Gasteiger partial charge in [-0.3, -0.25) is 4.90 Å². The Morgan fingerprint density at radius 3 is 2.06 bits per heavy atom. The average Bonchev–Trinajstić information content (AvgIpc) is 2.36. The van der Waals surface area contributed by atoms with Gasteiger partial charge in [0.1, 0.15) is 0 Å². The molecule has 0 spiro atoms. The second kappa shape index (κ2) is 6.75. The van der Waals surface area contributed by atoms with Crippen LogP contribution in [-0.4, -0.2) is 34.7 Å². The first kappa shape index (κ1) is 15.0. The molecule has 0 amide bonds. The van der Waals surface area contributed by atoms with Crippen LogP contribution in [-0.2, 0) is 0 Å². The Bertz CT molecular complexity index is 205. The van der Waals surface area contributed by atoms with Crippen molar-refractivity contribution in [2.75, 3.05) is 13.1 Å². The Morgan fingerprint density at radius 2 is 1.59 bits per heavy atom. The molecule has 17 heavy (non-hydrogen) atoms. The number of likely N-dealkylation sites (tertiary alicyclic amines) is 1. The lowest BCUT2D eigenvalue weighted by Crippen LogP contribution is -2.54. The SMILES string of the molecule is CCC(CC)CC(O)C(C)(C)N1CCCCC1. The number of nitrogens with zero attached hydrogens (tertiary/aromatic N) is 1. The standard InChI is InChI=1S/C15H31NO/c1-5-13(6-2)12-14(17)15(3,4)16-10-8-7-9-11-16/h13-14,17H,5-12H2,1-4H3. The fourth-order valence-electron chi connectivity index (χ4n) is 2.91. The molecule has 0 aromatic carbocycles. The number of piperidine rings is 1. The summed E-state index contributed by atoms with van der Waals surface area (Å²) in [6, 6.07) is 0. The van der Waals surface area contributed by atoms with Crippen LogP contribution in [0.3, 0.4) is 0 Å². The third-order valence-electron chi connectivity index (χ3n) is 4.70. The molecule has 1 heterocycles. The highest BCUT2D eigenvalue weighted by molar-refractivity contribution is 4.90. The Balaban J connectivity index is 2.54. The van der Waals surface area contributed by atoms with Crippen molar-refractivity contribution in [3.63, 3.8) is 0 Å². The molecule has 0 aromatic rings. The molecule has 0 radical (unpaired) electrons. The summed E-state index contributed by atoms with van der Waals surface area (Å²) < 4.78 is 0. The van der Waals surface area contributed by atoms with Crippen molar-refractivity contribution in [2.24, 2.45) is 5.92 Å². The summed E-state index contributed by atoms with van der Waals surface area (Å²) in [5.41, 5.74) is -0.0526. The van der Waals surface area contributed by atoms with Crippen LogP contribution in [0.5, 0.6) is 0 Å². The van der Waals surface area contributed by atoms with Crippen LogP contribution in [0.1, 0.15) is 66.2 Å². The zero-order valence-corrected chi connectivity index (χ0v) is 12.2. The summed E-state index contributed by atoms with van der Waals surface area (Å²) in [6.07, 6.45) is 7.08. The van der Waals surface area contributed by atoms with Crippen molar-refractivity contribution in [1.82, 2.24) is 4.90 Å². The summed E-state index contributed by atoms with van der Waals surface area (Å²) in [6.45, 7) is 11.2. The van der Waals surface area contributed by atoms with E-state index >= 15 is 0 Å². The van der Waals surface area contributed by atoms with Gasteiger partial charge in [-0.2, -0.15) is 0 Å². The first-order valence-corrected chi connectivity index (χ1v) is 7.45. The van der Waals surface area contributed by atoms with Gasteiger partial charge in [0, 0.05) is 5.54 Å². The third-order valence-corrected chi connectivity index (χ3v) is 4.70.